The van der Waals surface area contributed by atoms with E-state index in [-0.39, 0.29) is 17.0 Å². The quantitative estimate of drug-likeness (QED) is 0.253. The van der Waals surface area contributed by atoms with Gasteiger partial charge in [-0.25, -0.2) is 24.1 Å². The van der Waals surface area contributed by atoms with Gasteiger partial charge in [-0.15, -0.1) is 0 Å². The lowest BCUT2D eigenvalue weighted by Crippen LogP contribution is -2.48. The lowest BCUT2D eigenvalue weighted by molar-refractivity contribution is 0.0595. The van der Waals surface area contributed by atoms with E-state index < -0.39 is 17.7 Å². The molecule has 0 bridgehead atoms. The summed E-state index contributed by atoms with van der Waals surface area (Å²) in [7, 11) is 0. The second-order valence-corrected chi connectivity index (χ2v) is 10.6. The summed E-state index contributed by atoms with van der Waals surface area (Å²) in [6.07, 6.45) is 1.64. The Kier molecular flexibility index (Phi) is 6.58. The number of nitrogens with zero attached hydrogens (tertiary/aromatic N) is 5. The number of imidazole rings is 1. The Labute approximate surface area is 251 Å². The molecule has 0 saturated carbocycles. The van der Waals surface area contributed by atoms with Crippen molar-refractivity contribution in [1.82, 2.24) is 24.4 Å². The molecule has 1 amide bonds. The van der Waals surface area contributed by atoms with E-state index in [1.807, 2.05) is 83.4 Å². The van der Waals surface area contributed by atoms with Crippen LogP contribution in [0.1, 0.15) is 32.2 Å². The fourth-order valence-electron chi connectivity index (χ4n) is 5.50. The second kappa shape index (κ2) is 10.7. The van der Waals surface area contributed by atoms with Crippen LogP contribution in [0.3, 0.4) is 0 Å². The third kappa shape index (κ3) is 4.72. The molecule has 3 N–H and O–H groups in total. The number of carbonyl (C=O) groups excluding carboxylic acids is 1. The second-order valence-electron chi connectivity index (χ2n) is 10.6. The first kappa shape index (κ1) is 27.0. The Balaban J connectivity index is 1.19. The Bertz CT molecular complexity index is 2050. The molecule has 7 rings (SSSR count). The molecule has 0 spiro atoms. The summed E-state index contributed by atoms with van der Waals surface area (Å²) >= 11 is 0. The molecule has 3 aromatic carbocycles. The maximum atomic E-state index is 14.5. The van der Waals surface area contributed by atoms with E-state index in [9.17, 15) is 14.0 Å². The van der Waals surface area contributed by atoms with Crippen LogP contribution < -0.4 is 5.73 Å². The fourth-order valence-corrected chi connectivity index (χ4v) is 5.50. The molecule has 44 heavy (non-hydrogen) atoms. The average Bonchev–Trinajstić information content (AvgIpc) is 3.39. The first-order chi connectivity index (χ1) is 21.4. The molecule has 0 radical (unpaired) electrons. The highest BCUT2D eigenvalue weighted by atomic mass is 19.1. The summed E-state index contributed by atoms with van der Waals surface area (Å²) in [5.74, 6) is -1.50. The zero-order chi connectivity index (χ0) is 30.4. The van der Waals surface area contributed by atoms with Gasteiger partial charge in [0.25, 0.3) is 5.91 Å². The SMILES string of the molecule is Nc1ncccc1-c1nc2ccc(-c3ccccc3)nc2n1-c1ccc(C2CN(C(=O)c3ccc(C(=O)O)cc3F)C2)cc1. The number of halogens is 1. The molecule has 0 unspecified atom stereocenters. The number of carboxylic acid groups (broad SMARTS) is 1. The zero-order valence-electron chi connectivity index (χ0n) is 23.3. The maximum absolute atomic E-state index is 14.5. The van der Waals surface area contributed by atoms with Crippen LogP contribution in [0.2, 0.25) is 0 Å². The predicted octanol–water partition coefficient (Wildman–Crippen LogP) is 5.81. The van der Waals surface area contributed by atoms with Gasteiger partial charge in [-0.05, 0) is 60.2 Å². The molecule has 3 aromatic heterocycles. The van der Waals surface area contributed by atoms with Crippen LogP contribution >= 0.6 is 0 Å². The first-order valence-electron chi connectivity index (χ1n) is 14.0. The van der Waals surface area contributed by atoms with Gasteiger partial charge in [-0.2, -0.15) is 0 Å². The number of nitrogen functional groups attached to an aromatic ring is 1. The van der Waals surface area contributed by atoms with Crippen molar-refractivity contribution in [2.24, 2.45) is 0 Å². The van der Waals surface area contributed by atoms with Gasteiger partial charge in [0, 0.05) is 36.5 Å². The van der Waals surface area contributed by atoms with Crippen LogP contribution in [-0.2, 0) is 0 Å². The molecule has 1 aliphatic heterocycles. The molecule has 6 aromatic rings. The Morgan fingerprint density at radius 1 is 0.886 bits per heavy atom. The number of likely N-dealkylation sites (tertiary alicyclic amines) is 1. The Hall–Kier alpha value is -5.90. The van der Waals surface area contributed by atoms with Crippen LogP contribution in [-0.4, -0.2) is 54.5 Å². The number of hydrogen-bond donors (Lipinski definition) is 2. The summed E-state index contributed by atoms with van der Waals surface area (Å²) in [6.45, 7) is 0.845. The van der Waals surface area contributed by atoms with Crippen LogP contribution in [0, 0.1) is 5.82 Å². The minimum absolute atomic E-state index is 0.0742. The monoisotopic (exact) mass is 584 g/mol. The largest absolute Gasteiger partial charge is 0.478 e. The highest BCUT2D eigenvalue weighted by molar-refractivity contribution is 5.96. The van der Waals surface area contributed by atoms with Gasteiger partial charge in [0.15, 0.2) is 11.5 Å². The van der Waals surface area contributed by atoms with Gasteiger partial charge in [0.1, 0.15) is 17.2 Å². The minimum atomic E-state index is -1.25. The highest BCUT2D eigenvalue weighted by Crippen LogP contribution is 2.34. The molecule has 4 heterocycles. The number of aromatic nitrogens is 4. The van der Waals surface area contributed by atoms with Crippen LogP contribution in [0.15, 0.2) is 103 Å². The molecular formula is C34H25FN6O3. The molecule has 10 heteroatoms. The number of aromatic carboxylic acids is 1. The summed E-state index contributed by atoms with van der Waals surface area (Å²) in [6, 6.07) is 28.8. The topological polar surface area (TPSA) is 127 Å². The van der Waals surface area contributed by atoms with E-state index in [0.29, 0.717) is 41.5 Å². The standard InChI is InChI=1S/C34H25FN6O3/c35-27-17-22(34(43)44)10-13-25(27)33(42)40-18-23(19-40)20-8-11-24(12-9-20)41-31(26-7-4-16-37-30(26)36)39-29-15-14-28(38-32(29)41)21-5-2-1-3-6-21/h1-17,23H,18-19H2,(H2,36,37)(H,43,44). The molecule has 1 fully saturated rings. The lowest BCUT2D eigenvalue weighted by Gasteiger charge is -2.39. The number of carbonyl (C=O) groups is 2. The van der Waals surface area contributed by atoms with Crippen molar-refractivity contribution in [3.05, 3.63) is 126 Å². The number of fused-ring (bicyclic) bond motifs is 1. The third-order valence-electron chi connectivity index (χ3n) is 7.89. The van der Waals surface area contributed by atoms with Crippen LogP contribution in [0.4, 0.5) is 10.2 Å². The van der Waals surface area contributed by atoms with Crippen molar-refractivity contribution in [2.45, 2.75) is 5.92 Å². The van der Waals surface area contributed by atoms with Crippen LogP contribution in [0.25, 0.3) is 39.5 Å². The minimum Gasteiger partial charge on any atom is -0.478 e. The highest BCUT2D eigenvalue weighted by Gasteiger charge is 2.33. The summed E-state index contributed by atoms with van der Waals surface area (Å²) in [5.41, 5.74) is 11.7. The third-order valence-corrected chi connectivity index (χ3v) is 7.89. The zero-order valence-corrected chi connectivity index (χ0v) is 23.3. The number of pyridine rings is 2. The number of rotatable bonds is 6. The number of anilines is 1. The number of nitrogens with two attached hydrogens (primary N) is 1. The van der Waals surface area contributed by atoms with Gasteiger partial charge < -0.3 is 15.7 Å². The number of carboxylic acids is 1. The van der Waals surface area contributed by atoms with E-state index in [2.05, 4.69) is 4.98 Å². The van der Waals surface area contributed by atoms with Crippen molar-refractivity contribution >= 4 is 28.9 Å². The first-order valence-corrected chi connectivity index (χ1v) is 14.0. The summed E-state index contributed by atoms with van der Waals surface area (Å²) in [5, 5.41) is 9.06. The van der Waals surface area contributed by atoms with Gasteiger partial charge >= 0.3 is 5.97 Å². The van der Waals surface area contributed by atoms with E-state index in [4.69, 9.17) is 20.8 Å². The maximum Gasteiger partial charge on any atom is 0.335 e. The van der Waals surface area contributed by atoms with Crippen molar-refractivity contribution < 1.29 is 19.1 Å². The smallest absolute Gasteiger partial charge is 0.335 e. The van der Waals surface area contributed by atoms with Crippen LogP contribution in [0.5, 0.6) is 0 Å². The normalized spacial score (nSPS) is 13.2. The number of benzene rings is 3. The fraction of sp³-hybridized carbons (Fsp3) is 0.0882. The van der Waals surface area contributed by atoms with E-state index >= 15 is 0 Å². The van der Waals surface area contributed by atoms with E-state index in [1.54, 1.807) is 11.1 Å². The van der Waals surface area contributed by atoms with Crippen molar-refractivity contribution in [1.29, 1.82) is 0 Å². The summed E-state index contributed by atoms with van der Waals surface area (Å²) in [4.78, 5) is 39.7. The average molecular weight is 585 g/mol. The number of hydrogen-bond acceptors (Lipinski definition) is 6. The van der Waals surface area contributed by atoms with Gasteiger partial charge in [-0.1, -0.05) is 42.5 Å². The predicted molar refractivity (Wildman–Crippen MR) is 164 cm³/mol. The molecule has 1 aliphatic rings. The van der Waals surface area contributed by atoms with E-state index in [1.165, 1.54) is 12.1 Å². The van der Waals surface area contributed by atoms with Gasteiger partial charge in [0.05, 0.1) is 22.4 Å². The van der Waals surface area contributed by atoms with Crippen molar-refractivity contribution in [3.8, 4) is 28.3 Å². The number of amides is 1. The van der Waals surface area contributed by atoms with E-state index in [0.717, 1.165) is 28.6 Å². The molecule has 0 aliphatic carbocycles. The summed E-state index contributed by atoms with van der Waals surface area (Å²) < 4.78 is 16.4. The van der Waals surface area contributed by atoms with Gasteiger partial charge in [-0.3, -0.25) is 9.36 Å². The lowest BCUT2D eigenvalue weighted by atomic mass is 9.90. The molecule has 1 saturated heterocycles. The Morgan fingerprint density at radius 3 is 2.36 bits per heavy atom. The molecule has 216 valence electrons. The molecule has 9 nitrogen and oxygen atoms in total. The molecule has 0 atom stereocenters. The van der Waals surface area contributed by atoms with Crippen molar-refractivity contribution in [2.75, 3.05) is 18.8 Å². The van der Waals surface area contributed by atoms with Crippen molar-refractivity contribution in [3.63, 3.8) is 0 Å². The molecular weight excluding hydrogens is 559 g/mol. The van der Waals surface area contributed by atoms with Gasteiger partial charge in [0.2, 0.25) is 0 Å². The Morgan fingerprint density at radius 2 is 1.66 bits per heavy atom.